The lowest BCUT2D eigenvalue weighted by Crippen LogP contribution is -2.41. The zero-order valence-electron chi connectivity index (χ0n) is 43.6. The van der Waals surface area contributed by atoms with E-state index in [2.05, 4.69) is 53.0 Å². The molecule has 0 aromatic heterocycles. The lowest BCUT2D eigenvalue weighted by atomic mass is 9.66. The van der Waals surface area contributed by atoms with Crippen LogP contribution >= 0.6 is 23.2 Å². The molecule has 0 bridgehead atoms. The minimum Gasteiger partial charge on any atom is -0.454 e. The van der Waals surface area contributed by atoms with Crippen molar-refractivity contribution in [3.8, 4) is 0 Å². The highest BCUT2D eigenvalue weighted by Crippen LogP contribution is 2.41. The molecule has 0 radical (unpaired) electrons. The standard InChI is InChI=1S/C29H47ClO4.C27H43ClO4/c1-10-14-20(3)16-17-26(24(7)31)34-27(32)19-22(5)29(8,9)28(33)25(15-12-13-18-30)23(6)21(4)11-2;1-18-11-10-12-19(2)21(4)23(13-8-9-16-28)26(31)27(6,7)20(3)17-25(30)32-24(15-14-18)22(5)29/h10-11,16,21-23,25-26H,1-2,12-15,17-19H2,3-9H3;10,12,14,19-21,23-24H,8-9,11,13,15-17H2,1-7H3/b20-16-;12-10+,18-14-/t21-,22-,23-,25+,26-;19-,20-,21-,23+,24-/m00/s1. The van der Waals surface area contributed by atoms with Crippen molar-refractivity contribution in [3.63, 3.8) is 0 Å². The fourth-order valence-corrected chi connectivity index (χ4v) is 8.62. The van der Waals surface area contributed by atoms with Gasteiger partial charge >= 0.3 is 11.9 Å². The average Bonchev–Trinajstić information content (AvgIpc) is 3.25. The van der Waals surface area contributed by atoms with Crippen molar-refractivity contribution in [1.29, 1.82) is 0 Å². The smallest absolute Gasteiger partial charge is 0.306 e. The Labute approximate surface area is 411 Å². The van der Waals surface area contributed by atoms with E-state index >= 15 is 0 Å². The molecule has 0 saturated heterocycles. The number of unbranched alkanes of at least 4 members (excludes halogenated alkanes) is 2. The third kappa shape index (κ3) is 21.9. The highest BCUT2D eigenvalue weighted by molar-refractivity contribution is 6.18. The van der Waals surface area contributed by atoms with Gasteiger partial charge in [-0.15, -0.1) is 36.4 Å². The molecular formula is C56H90Cl2O8. The zero-order chi connectivity index (χ0) is 50.9. The van der Waals surface area contributed by atoms with Crippen LogP contribution in [0.25, 0.3) is 0 Å². The Morgan fingerprint density at radius 1 is 0.970 bits per heavy atom. The average molecular weight is 962 g/mol. The maximum absolute atomic E-state index is 13.8. The van der Waals surface area contributed by atoms with Gasteiger partial charge in [-0.3, -0.25) is 28.8 Å². The van der Waals surface area contributed by atoms with Crippen LogP contribution in [0.4, 0.5) is 0 Å². The summed E-state index contributed by atoms with van der Waals surface area (Å²) in [7, 11) is 0. The lowest BCUT2D eigenvalue weighted by molar-refractivity contribution is -0.157. The van der Waals surface area contributed by atoms with Gasteiger partial charge in [-0.1, -0.05) is 130 Å². The van der Waals surface area contributed by atoms with E-state index in [0.717, 1.165) is 62.5 Å². The van der Waals surface area contributed by atoms with Crippen LogP contribution in [0.3, 0.4) is 0 Å². The molecule has 1 heterocycles. The van der Waals surface area contributed by atoms with Crippen molar-refractivity contribution in [2.45, 2.75) is 186 Å². The van der Waals surface area contributed by atoms with E-state index in [-0.39, 0.29) is 83.3 Å². The minimum absolute atomic E-state index is 0.0810. The molecule has 0 aromatic rings. The van der Waals surface area contributed by atoms with Crippen molar-refractivity contribution in [2.24, 2.45) is 58.2 Å². The first-order chi connectivity index (χ1) is 30.7. The number of rotatable bonds is 23. The van der Waals surface area contributed by atoms with Gasteiger partial charge in [0, 0.05) is 60.1 Å². The summed E-state index contributed by atoms with van der Waals surface area (Å²) >= 11 is 11.8. The molecule has 0 amide bonds. The molecule has 0 aliphatic carbocycles. The Morgan fingerprint density at radius 3 is 2.12 bits per heavy atom. The van der Waals surface area contributed by atoms with Crippen LogP contribution in [0.15, 0.2) is 60.8 Å². The van der Waals surface area contributed by atoms with Crippen LogP contribution in [0.2, 0.25) is 0 Å². The van der Waals surface area contributed by atoms with E-state index in [4.69, 9.17) is 32.7 Å². The second kappa shape index (κ2) is 31.9. The van der Waals surface area contributed by atoms with Gasteiger partial charge in [-0.2, -0.15) is 0 Å². The second-order valence-electron chi connectivity index (χ2n) is 20.5. The number of hydrogen-bond donors (Lipinski definition) is 0. The number of carbonyl (C=O) groups excluding carboxylic acids is 6. The van der Waals surface area contributed by atoms with Gasteiger partial charge < -0.3 is 9.47 Å². The lowest BCUT2D eigenvalue weighted by Gasteiger charge is -2.37. The molecule has 0 N–H and O–H groups in total. The van der Waals surface area contributed by atoms with Gasteiger partial charge in [0.05, 0.1) is 0 Å². The molecule has 0 spiro atoms. The number of Topliss-reactive ketones (excluding diaryl/α,β-unsaturated/α-hetero) is 4. The molecule has 1 rings (SSSR count). The normalized spacial score (nSPS) is 24.6. The number of allylic oxidation sites excluding steroid dienone is 6. The molecule has 10 atom stereocenters. The summed E-state index contributed by atoms with van der Waals surface area (Å²) in [6.07, 6.45) is 17.9. The van der Waals surface area contributed by atoms with Crippen LogP contribution < -0.4 is 0 Å². The summed E-state index contributed by atoms with van der Waals surface area (Å²) in [4.78, 5) is 76.9. The van der Waals surface area contributed by atoms with Crippen LogP contribution in [-0.2, 0) is 38.2 Å². The Balaban J connectivity index is 0.00000128. The van der Waals surface area contributed by atoms with Gasteiger partial charge in [0.2, 0.25) is 0 Å². The maximum Gasteiger partial charge on any atom is 0.306 e. The number of ether oxygens (including phenoxy) is 2. The molecule has 0 fully saturated rings. The Kier molecular flexibility index (Phi) is 30.4. The Hall–Kier alpha value is -3.10. The van der Waals surface area contributed by atoms with Crippen molar-refractivity contribution in [1.82, 2.24) is 0 Å². The zero-order valence-corrected chi connectivity index (χ0v) is 45.1. The first kappa shape index (κ1) is 62.9. The summed E-state index contributed by atoms with van der Waals surface area (Å²) in [6, 6.07) is 0. The summed E-state index contributed by atoms with van der Waals surface area (Å²) < 4.78 is 11.1. The molecule has 0 saturated carbocycles. The van der Waals surface area contributed by atoms with Crippen LogP contribution in [-0.4, -0.2) is 59.0 Å². The highest BCUT2D eigenvalue weighted by atomic mass is 35.5. The number of hydrogen-bond acceptors (Lipinski definition) is 8. The quantitative estimate of drug-likeness (QED) is 0.0430. The number of esters is 2. The third-order valence-electron chi connectivity index (χ3n) is 14.6. The number of alkyl halides is 2. The number of halogens is 2. The number of ketones is 4. The van der Waals surface area contributed by atoms with Crippen molar-refractivity contribution in [2.75, 3.05) is 11.8 Å². The van der Waals surface area contributed by atoms with Crippen LogP contribution in [0.1, 0.15) is 174 Å². The second-order valence-corrected chi connectivity index (χ2v) is 21.3. The van der Waals surface area contributed by atoms with Crippen molar-refractivity contribution >= 4 is 58.3 Å². The van der Waals surface area contributed by atoms with E-state index < -0.39 is 35.0 Å². The monoisotopic (exact) mass is 961 g/mol. The fourth-order valence-electron chi connectivity index (χ4n) is 8.24. The van der Waals surface area contributed by atoms with E-state index in [1.54, 1.807) is 6.08 Å². The predicted molar refractivity (Wildman–Crippen MR) is 275 cm³/mol. The fraction of sp³-hybridized carbons (Fsp3) is 0.714. The first-order valence-electron chi connectivity index (χ1n) is 24.6. The molecule has 8 nitrogen and oxygen atoms in total. The van der Waals surface area contributed by atoms with Crippen LogP contribution in [0, 0.1) is 58.2 Å². The van der Waals surface area contributed by atoms with Crippen molar-refractivity contribution < 1.29 is 38.2 Å². The van der Waals surface area contributed by atoms with E-state index in [0.29, 0.717) is 24.6 Å². The maximum atomic E-state index is 13.8. The third-order valence-corrected chi connectivity index (χ3v) is 15.1. The summed E-state index contributed by atoms with van der Waals surface area (Å²) in [5, 5.41) is 0. The van der Waals surface area contributed by atoms with E-state index in [1.807, 2.05) is 73.6 Å². The molecule has 66 heavy (non-hydrogen) atoms. The van der Waals surface area contributed by atoms with Gasteiger partial charge in [0.15, 0.2) is 23.8 Å². The molecule has 0 aromatic carbocycles. The van der Waals surface area contributed by atoms with Gasteiger partial charge in [0.25, 0.3) is 0 Å². The van der Waals surface area contributed by atoms with Gasteiger partial charge in [0.1, 0.15) is 11.6 Å². The predicted octanol–water partition coefficient (Wildman–Crippen LogP) is 14.2. The Bertz CT molecular complexity index is 1670. The summed E-state index contributed by atoms with van der Waals surface area (Å²) in [6.45, 7) is 34.5. The molecule has 1 aliphatic heterocycles. The molecule has 0 unspecified atom stereocenters. The van der Waals surface area contributed by atoms with Gasteiger partial charge in [-0.25, -0.2) is 0 Å². The molecular weight excluding hydrogens is 872 g/mol. The largest absolute Gasteiger partial charge is 0.454 e. The van der Waals surface area contributed by atoms with Gasteiger partial charge in [-0.05, 0) is 102 Å². The topological polar surface area (TPSA) is 121 Å². The molecule has 376 valence electrons. The molecule has 1 aliphatic rings. The summed E-state index contributed by atoms with van der Waals surface area (Å²) in [5.41, 5.74) is 0.799. The first-order valence-corrected chi connectivity index (χ1v) is 25.6. The SMILES string of the molecule is C=CC/C(C)=C\C[C@H](OC(=O)C[C@H](C)C(C)(C)C(=O)[C@H](CCCCCl)[C@@H](C)[C@@H](C)C=C)C(C)=O.CC(=O)[C@@H]1C/C=C(/C)C/C=C/[C@H](C)[C@H](C)[C@@H](CCCCCl)C(=O)C(C)(C)[C@@H](C)CC(=O)O1. The van der Waals surface area contributed by atoms with Crippen LogP contribution in [0.5, 0.6) is 0 Å². The van der Waals surface area contributed by atoms with E-state index in [9.17, 15) is 28.8 Å². The van der Waals surface area contributed by atoms with Crippen molar-refractivity contribution in [3.05, 3.63) is 60.8 Å². The number of carbonyl (C=O) groups is 6. The molecule has 10 heteroatoms. The minimum atomic E-state index is -0.810. The summed E-state index contributed by atoms with van der Waals surface area (Å²) in [5.74, 6) is 0.440. The Morgan fingerprint density at radius 2 is 1.58 bits per heavy atom. The van der Waals surface area contributed by atoms with E-state index in [1.165, 1.54) is 13.8 Å². The number of cyclic esters (lactones) is 1. The highest BCUT2D eigenvalue weighted by Gasteiger charge is 2.43.